The third-order valence-electron chi connectivity index (χ3n) is 7.29. The van der Waals surface area contributed by atoms with Crippen LogP contribution < -0.4 is 10.6 Å². The molecular formula is C21H15F6N7O2. The van der Waals surface area contributed by atoms with Crippen LogP contribution in [0.15, 0.2) is 12.3 Å². The molecule has 3 aliphatic rings. The highest BCUT2D eigenvalue weighted by atomic mass is 19.4. The number of carbonyl (C=O) groups excluding carboxylic acids is 2. The number of amides is 2. The number of hydrogen-bond donors (Lipinski definition) is 2. The Hall–Kier alpha value is -3.78. The minimum absolute atomic E-state index is 0.0361. The SMILES string of the molecule is C[C@@]12C(=O)Nc3nc(-c4nn(CCC(F)(F)C(F)(F)F)c5ncc(F)cc45)nc(c31)NC(=O)C21CC1. The smallest absolute Gasteiger partial charge is 0.310 e. The van der Waals surface area contributed by atoms with E-state index in [1.807, 2.05) is 0 Å². The largest absolute Gasteiger partial charge is 0.453 e. The van der Waals surface area contributed by atoms with Crippen LogP contribution in [-0.4, -0.2) is 48.6 Å². The topological polar surface area (TPSA) is 115 Å². The number of nitrogens with zero attached hydrogens (tertiary/aromatic N) is 5. The summed E-state index contributed by atoms with van der Waals surface area (Å²) < 4.78 is 79.8. The highest BCUT2D eigenvalue weighted by molar-refractivity contribution is 6.16. The Morgan fingerprint density at radius 2 is 1.69 bits per heavy atom. The molecule has 0 saturated heterocycles. The summed E-state index contributed by atoms with van der Waals surface area (Å²) in [6.07, 6.45) is -5.61. The summed E-state index contributed by atoms with van der Waals surface area (Å²) in [5.41, 5.74) is -2.06. The van der Waals surface area contributed by atoms with E-state index in [2.05, 4.69) is 30.7 Å². The summed E-state index contributed by atoms with van der Waals surface area (Å²) in [6.45, 7) is 0.740. The van der Waals surface area contributed by atoms with Gasteiger partial charge in [0.15, 0.2) is 11.5 Å². The molecule has 1 spiro atoms. The molecule has 2 N–H and O–H groups in total. The van der Waals surface area contributed by atoms with E-state index in [1.54, 1.807) is 6.92 Å². The number of anilines is 2. The first kappa shape index (κ1) is 22.7. The lowest BCUT2D eigenvalue weighted by atomic mass is 9.68. The Kier molecular flexibility index (Phi) is 4.22. The highest BCUT2D eigenvalue weighted by Crippen LogP contribution is 2.66. The molecule has 0 bridgehead atoms. The molecule has 2 aliphatic heterocycles. The zero-order valence-corrected chi connectivity index (χ0v) is 18.3. The average molecular weight is 511 g/mol. The molecule has 6 rings (SSSR count). The Labute approximate surface area is 197 Å². The number of hydrogen-bond acceptors (Lipinski definition) is 6. The van der Waals surface area contributed by atoms with Gasteiger partial charge < -0.3 is 10.6 Å². The molecule has 5 heterocycles. The van der Waals surface area contributed by atoms with E-state index in [0.29, 0.717) is 18.4 Å². The van der Waals surface area contributed by atoms with Crippen molar-refractivity contribution in [1.29, 1.82) is 0 Å². The van der Waals surface area contributed by atoms with Gasteiger partial charge in [0.05, 0.1) is 28.0 Å². The van der Waals surface area contributed by atoms with Crippen LogP contribution in [0.25, 0.3) is 22.6 Å². The first-order chi connectivity index (χ1) is 16.8. The number of aryl methyl sites for hydroxylation is 1. The van der Waals surface area contributed by atoms with Crippen molar-refractivity contribution in [3.63, 3.8) is 0 Å². The number of fused-ring (bicyclic) bond motifs is 2. The fourth-order valence-electron chi connectivity index (χ4n) is 5.07. The maximum absolute atomic E-state index is 14.0. The average Bonchev–Trinajstić information content (AvgIpc) is 3.46. The molecule has 1 atom stereocenters. The van der Waals surface area contributed by atoms with E-state index in [0.717, 1.165) is 16.9 Å². The lowest BCUT2D eigenvalue weighted by Gasteiger charge is -2.36. The van der Waals surface area contributed by atoms with E-state index in [9.17, 15) is 35.9 Å². The van der Waals surface area contributed by atoms with Gasteiger partial charge >= 0.3 is 12.1 Å². The van der Waals surface area contributed by atoms with Crippen LogP contribution in [-0.2, 0) is 21.5 Å². The second-order valence-electron chi connectivity index (χ2n) is 9.28. The number of halogens is 6. The summed E-state index contributed by atoms with van der Waals surface area (Å²) in [6, 6.07) is 0.964. The van der Waals surface area contributed by atoms with Crippen LogP contribution in [0, 0.1) is 11.2 Å². The second-order valence-corrected chi connectivity index (χ2v) is 9.28. The van der Waals surface area contributed by atoms with Crippen LogP contribution in [0.4, 0.5) is 38.0 Å². The van der Waals surface area contributed by atoms with Crippen LogP contribution in [0.3, 0.4) is 0 Å². The third-order valence-corrected chi connectivity index (χ3v) is 7.29. The first-order valence-corrected chi connectivity index (χ1v) is 10.8. The van der Waals surface area contributed by atoms with Gasteiger partial charge in [0.2, 0.25) is 11.8 Å². The van der Waals surface area contributed by atoms with Crippen LogP contribution >= 0.6 is 0 Å². The van der Waals surface area contributed by atoms with Crippen LogP contribution in [0.5, 0.6) is 0 Å². The third kappa shape index (κ3) is 2.79. The van der Waals surface area contributed by atoms with E-state index >= 15 is 0 Å². The molecule has 36 heavy (non-hydrogen) atoms. The Bertz CT molecular complexity index is 1500. The van der Waals surface area contributed by atoms with Crippen molar-refractivity contribution >= 4 is 34.5 Å². The molecule has 0 aromatic carbocycles. The van der Waals surface area contributed by atoms with Crippen LogP contribution in [0.1, 0.15) is 31.7 Å². The summed E-state index contributed by atoms with van der Waals surface area (Å²) >= 11 is 0. The molecule has 3 aromatic heterocycles. The minimum atomic E-state index is -5.76. The van der Waals surface area contributed by atoms with Gasteiger partial charge in [0.1, 0.15) is 23.1 Å². The Morgan fingerprint density at radius 3 is 2.31 bits per heavy atom. The van der Waals surface area contributed by atoms with Crippen molar-refractivity contribution in [2.45, 2.75) is 50.2 Å². The normalized spacial score (nSPS) is 22.1. The number of alkyl halides is 5. The van der Waals surface area contributed by atoms with Gasteiger partial charge in [-0.05, 0) is 25.8 Å². The van der Waals surface area contributed by atoms with Gasteiger partial charge in [-0.3, -0.25) is 9.59 Å². The number of nitrogens with one attached hydrogen (secondary N) is 2. The summed E-state index contributed by atoms with van der Waals surface area (Å²) in [5, 5.41) is 9.33. The van der Waals surface area contributed by atoms with Gasteiger partial charge in [-0.15, -0.1) is 0 Å². The van der Waals surface area contributed by atoms with Gasteiger partial charge in [-0.1, -0.05) is 0 Å². The van der Waals surface area contributed by atoms with Crippen molar-refractivity contribution < 1.29 is 35.9 Å². The molecule has 0 radical (unpaired) electrons. The van der Waals surface area contributed by atoms with E-state index in [-0.39, 0.29) is 40.1 Å². The predicted octanol–water partition coefficient (Wildman–Crippen LogP) is 3.56. The summed E-state index contributed by atoms with van der Waals surface area (Å²) in [5.74, 6) is -6.70. The van der Waals surface area contributed by atoms with E-state index in [1.165, 1.54) is 0 Å². The predicted molar refractivity (Wildman–Crippen MR) is 110 cm³/mol. The summed E-state index contributed by atoms with van der Waals surface area (Å²) in [7, 11) is 0. The minimum Gasteiger partial charge on any atom is -0.310 e. The molecule has 1 fully saturated rings. The van der Waals surface area contributed by atoms with Gasteiger partial charge in [-0.25, -0.2) is 24.0 Å². The molecule has 9 nitrogen and oxygen atoms in total. The molecule has 15 heteroatoms. The van der Waals surface area contributed by atoms with Crippen molar-refractivity contribution in [2.24, 2.45) is 5.41 Å². The fraction of sp³-hybridized carbons (Fsp3) is 0.429. The second kappa shape index (κ2) is 6.70. The Morgan fingerprint density at radius 1 is 1.06 bits per heavy atom. The Balaban J connectivity index is 1.47. The van der Waals surface area contributed by atoms with E-state index in [4.69, 9.17) is 0 Å². The van der Waals surface area contributed by atoms with Gasteiger partial charge in [0, 0.05) is 13.0 Å². The van der Waals surface area contributed by atoms with Gasteiger partial charge in [-0.2, -0.15) is 27.1 Å². The number of rotatable bonds is 4. The molecule has 1 aliphatic carbocycles. The zero-order chi connectivity index (χ0) is 25.8. The standard InChI is InChI=1S/C21H15F6N7O2/c1-18-10-12(31-16(18)35)29-14(30-13(10)32-17(36)19(18)2-3-19)11-9-6-8(22)7-28-15(9)34(33-11)5-4-20(23,24)21(25,26)27/h6-7H,2-5H2,1H3,(H2,29,30,31,32,35,36)/t18-/m0/s1. The fourth-order valence-corrected chi connectivity index (χ4v) is 5.07. The van der Waals surface area contributed by atoms with Crippen molar-refractivity contribution in [3.8, 4) is 11.5 Å². The molecule has 3 aromatic rings. The molecule has 1 saturated carbocycles. The maximum Gasteiger partial charge on any atom is 0.453 e. The summed E-state index contributed by atoms with van der Waals surface area (Å²) in [4.78, 5) is 38.2. The lowest BCUT2D eigenvalue weighted by molar-refractivity contribution is -0.285. The van der Waals surface area contributed by atoms with Crippen LogP contribution in [0.2, 0.25) is 0 Å². The lowest BCUT2D eigenvalue weighted by Crippen LogP contribution is -2.50. The van der Waals surface area contributed by atoms with Gasteiger partial charge in [0.25, 0.3) is 0 Å². The number of aromatic nitrogens is 5. The van der Waals surface area contributed by atoms with Crippen molar-refractivity contribution in [1.82, 2.24) is 24.7 Å². The monoisotopic (exact) mass is 511 g/mol. The molecule has 0 unspecified atom stereocenters. The maximum atomic E-state index is 14.0. The van der Waals surface area contributed by atoms with E-state index < -0.39 is 47.6 Å². The first-order valence-electron chi connectivity index (χ1n) is 10.8. The van der Waals surface area contributed by atoms with Crippen molar-refractivity contribution in [2.75, 3.05) is 10.6 Å². The quantitative estimate of drug-likeness (QED) is 0.518. The number of carbonyl (C=O) groups is 2. The molecule has 188 valence electrons. The molecular weight excluding hydrogens is 496 g/mol. The highest BCUT2D eigenvalue weighted by Gasteiger charge is 2.71. The number of pyridine rings is 1. The van der Waals surface area contributed by atoms with Crippen molar-refractivity contribution in [3.05, 3.63) is 23.6 Å². The zero-order valence-electron chi connectivity index (χ0n) is 18.3. The molecule has 2 amide bonds.